The van der Waals surface area contributed by atoms with Crippen molar-refractivity contribution < 1.29 is 18.0 Å². The molecule has 0 aliphatic heterocycles. The van der Waals surface area contributed by atoms with Crippen LogP contribution in [-0.2, 0) is 17.5 Å². The van der Waals surface area contributed by atoms with Crippen LogP contribution in [0.2, 0.25) is 0 Å². The lowest BCUT2D eigenvalue weighted by molar-refractivity contribution is -0.137. The quantitative estimate of drug-likeness (QED) is 0.701. The van der Waals surface area contributed by atoms with Crippen molar-refractivity contribution in [1.29, 1.82) is 0 Å². The fourth-order valence-corrected chi connectivity index (χ4v) is 2.50. The molecule has 26 heavy (non-hydrogen) atoms. The largest absolute Gasteiger partial charge is 0.416 e. The number of nitrogens with one attached hydrogen (secondary N) is 2. The Bertz CT molecular complexity index is 1100. The molecule has 0 spiro atoms. The number of H-pyrrole nitrogens is 1. The molecule has 0 aliphatic rings. The number of fused-ring (bicyclic) bond motifs is 1. The predicted molar refractivity (Wildman–Crippen MR) is 88.9 cm³/mol. The van der Waals surface area contributed by atoms with Gasteiger partial charge in [0, 0.05) is 5.69 Å². The van der Waals surface area contributed by atoms with E-state index in [1.54, 1.807) is 24.3 Å². The summed E-state index contributed by atoms with van der Waals surface area (Å²) in [6.45, 7) is -0.514. The van der Waals surface area contributed by atoms with Gasteiger partial charge in [-0.3, -0.25) is 19.0 Å². The number of amides is 1. The maximum Gasteiger partial charge on any atom is 0.416 e. The zero-order chi connectivity index (χ0) is 18.9. The minimum absolute atomic E-state index is 0.0629. The van der Waals surface area contributed by atoms with Crippen LogP contribution >= 0.6 is 0 Å². The van der Waals surface area contributed by atoms with Gasteiger partial charge in [-0.25, -0.2) is 0 Å². The van der Waals surface area contributed by atoms with E-state index in [-0.39, 0.29) is 5.69 Å². The van der Waals surface area contributed by atoms with Gasteiger partial charge in [0.25, 0.3) is 0 Å². The lowest BCUT2D eigenvalue weighted by Crippen LogP contribution is -2.38. The van der Waals surface area contributed by atoms with E-state index in [1.807, 2.05) is 0 Å². The highest BCUT2D eigenvalue weighted by molar-refractivity contribution is 5.91. The summed E-state index contributed by atoms with van der Waals surface area (Å²) in [7, 11) is 0. The maximum absolute atomic E-state index is 12.7. The monoisotopic (exact) mass is 363 g/mol. The highest BCUT2D eigenvalue weighted by Gasteiger charge is 2.30. The predicted octanol–water partition coefficient (Wildman–Crippen LogP) is 2.35. The summed E-state index contributed by atoms with van der Waals surface area (Å²) in [4.78, 5) is 38.3. The molecule has 6 nitrogen and oxygen atoms in total. The Labute approximate surface area is 143 Å². The van der Waals surface area contributed by atoms with E-state index in [0.29, 0.717) is 11.0 Å². The van der Waals surface area contributed by atoms with Crippen LogP contribution in [0, 0.1) is 0 Å². The van der Waals surface area contributed by atoms with Gasteiger partial charge in [-0.2, -0.15) is 13.2 Å². The van der Waals surface area contributed by atoms with Crippen LogP contribution in [0.1, 0.15) is 5.56 Å². The number of benzene rings is 2. The van der Waals surface area contributed by atoms with E-state index < -0.39 is 35.3 Å². The average Bonchev–Trinajstić information content (AvgIpc) is 2.58. The second kappa shape index (κ2) is 6.51. The number of carbonyl (C=O) groups is 1. The second-order valence-corrected chi connectivity index (χ2v) is 5.49. The first-order valence-electron chi connectivity index (χ1n) is 7.45. The van der Waals surface area contributed by atoms with E-state index in [4.69, 9.17) is 0 Å². The molecule has 1 aromatic heterocycles. The molecule has 3 aromatic rings. The van der Waals surface area contributed by atoms with E-state index in [0.717, 1.165) is 22.8 Å². The minimum atomic E-state index is -4.54. The van der Waals surface area contributed by atoms with Crippen LogP contribution in [0.15, 0.2) is 58.1 Å². The zero-order valence-corrected chi connectivity index (χ0v) is 13.1. The molecule has 2 aromatic carbocycles. The summed E-state index contributed by atoms with van der Waals surface area (Å²) in [5, 5.41) is 2.30. The minimum Gasteiger partial charge on any atom is -0.325 e. The smallest absolute Gasteiger partial charge is 0.325 e. The molecule has 0 aliphatic carbocycles. The van der Waals surface area contributed by atoms with Gasteiger partial charge in [-0.1, -0.05) is 18.2 Å². The Hall–Kier alpha value is -3.36. The van der Waals surface area contributed by atoms with Crippen molar-refractivity contribution in [1.82, 2.24) is 9.55 Å². The number of aromatic amines is 1. The van der Waals surface area contributed by atoms with E-state index in [1.165, 1.54) is 6.07 Å². The van der Waals surface area contributed by atoms with Crippen LogP contribution in [-0.4, -0.2) is 15.5 Å². The average molecular weight is 363 g/mol. The van der Waals surface area contributed by atoms with Gasteiger partial charge in [-0.05, 0) is 30.3 Å². The van der Waals surface area contributed by atoms with Gasteiger partial charge in [0.15, 0.2) is 0 Å². The van der Waals surface area contributed by atoms with Gasteiger partial charge < -0.3 is 10.3 Å². The number of anilines is 1. The maximum atomic E-state index is 12.7. The van der Waals surface area contributed by atoms with Crippen molar-refractivity contribution in [3.63, 3.8) is 0 Å². The SMILES string of the molecule is O=C(Cn1c(=O)c(=O)[nH]c2ccccc21)Nc1cccc(C(F)(F)F)c1. The summed E-state index contributed by atoms with van der Waals surface area (Å²) in [6, 6.07) is 10.5. The topological polar surface area (TPSA) is 84.0 Å². The Morgan fingerprint density at radius 2 is 1.81 bits per heavy atom. The van der Waals surface area contributed by atoms with Gasteiger partial charge >= 0.3 is 17.3 Å². The molecule has 9 heteroatoms. The first kappa shape index (κ1) is 17.5. The lowest BCUT2D eigenvalue weighted by atomic mass is 10.2. The number of carbonyl (C=O) groups excluding carboxylic acids is 1. The molecule has 0 atom stereocenters. The third-order valence-corrected chi connectivity index (χ3v) is 3.66. The summed E-state index contributed by atoms with van der Waals surface area (Å²) in [5.41, 5.74) is -2.10. The zero-order valence-electron chi connectivity index (χ0n) is 13.1. The van der Waals surface area contributed by atoms with Crippen molar-refractivity contribution in [3.05, 3.63) is 74.8 Å². The van der Waals surface area contributed by atoms with Crippen LogP contribution in [0.5, 0.6) is 0 Å². The van der Waals surface area contributed by atoms with Gasteiger partial charge in [-0.15, -0.1) is 0 Å². The van der Waals surface area contributed by atoms with Gasteiger partial charge in [0.1, 0.15) is 6.54 Å². The highest BCUT2D eigenvalue weighted by atomic mass is 19.4. The van der Waals surface area contributed by atoms with Crippen LogP contribution in [0.4, 0.5) is 18.9 Å². The van der Waals surface area contributed by atoms with E-state index in [2.05, 4.69) is 10.3 Å². The van der Waals surface area contributed by atoms with Crippen molar-refractivity contribution in [2.45, 2.75) is 12.7 Å². The summed E-state index contributed by atoms with van der Waals surface area (Å²) in [6.07, 6.45) is -4.54. The van der Waals surface area contributed by atoms with E-state index >= 15 is 0 Å². The van der Waals surface area contributed by atoms with E-state index in [9.17, 15) is 27.6 Å². The molecule has 3 rings (SSSR count). The van der Waals surface area contributed by atoms with Crippen LogP contribution in [0.3, 0.4) is 0 Å². The number of alkyl halides is 3. The lowest BCUT2D eigenvalue weighted by Gasteiger charge is -2.12. The number of aromatic nitrogens is 2. The Morgan fingerprint density at radius 1 is 1.08 bits per heavy atom. The molecule has 0 saturated carbocycles. The molecular weight excluding hydrogens is 351 g/mol. The molecular formula is C17H12F3N3O3. The Kier molecular flexibility index (Phi) is 4.37. The van der Waals surface area contributed by atoms with Gasteiger partial charge in [0.05, 0.1) is 16.6 Å². The summed E-state index contributed by atoms with van der Waals surface area (Å²) in [5.74, 6) is -0.734. The van der Waals surface area contributed by atoms with Crippen LogP contribution < -0.4 is 16.4 Å². The van der Waals surface area contributed by atoms with Crippen molar-refractivity contribution >= 4 is 22.6 Å². The van der Waals surface area contributed by atoms with Gasteiger partial charge in [0.2, 0.25) is 5.91 Å². The van der Waals surface area contributed by atoms with Crippen molar-refractivity contribution in [2.75, 3.05) is 5.32 Å². The number of hydrogen-bond acceptors (Lipinski definition) is 3. The Morgan fingerprint density at radius 3 is 2.54 bits per heavy atom. The molecule has 1 heterocycles. The van der Waals surface area contributed by atoms with Crippen molar-refractivity contribution in [2.24, 2.45) is 0 Å². The standard InChI is InChI=1S/C17H12F3N3O3/c18-17(19,20)10-4-3-5-11(8-10)21-14(24)9-23-13-7-2-1-6-12(13)22-15(25)16(23)26/h1-8H,9H2,(H,21,24)(H,22,25). The number of nitrogens with zero attached hydrogens (tertiary/aromatic N) is 1. The molecule has 2 N–H and O–H groups in total. The van der Waals surface area contributed by atoms with Crippen molar-refractivity contribution in [3.8, 4) is 0 Å². The first-order chi connectivity index (χ1) is 12.3. The molecule has 1 amide bonds. The summed E-state index contributed by atoms with van der Waals surface area (Å²) >= 11 is 0. The number of halogens is 3. The highest BCUT2D eigenvalue weighted by Crippen LogP contribution is 2.30. The molecule has 0 unspecified atom stereocenters. The number of hydrogen-bond donors (Lipinski definition) is 2. The second-order valence-electron chi connectivity index (χ2n) is 5.49. The molecule has 134 valence electrons. The number of rotatable bonds is 3. The Balaban J connectivity index is 1.90. The van der Waals surface area contributed by atoms with Crippen LogP contribution in [0.25, 0.3) is 11.0 Å². The fraction of sp³-hybridized carbons (Fsp3) is 0.118. The normalized spacial score (nSPS) is 11.5. The molecule has 0 radical (unpaired) electrons. The third-order valence-electron chi connectivity index (χ3n) is 3.66. The number of para-hydroxylation sites is 2. The fourth-order valence-electron chi connectivity index (χ4n) is 2.50. The molecule has 0 fully saturated rings. The molecule has 0 saturated heterocycles. The molecule has 0 bridgehead atoms. The summed E-state index contributed by atoms with van der Waals surface area (Å²) < 4.78 is 39.2. The first-order valence-corrected chi connectivity index (χ1v) is 7.45. The third kappa shape index (κ3) is 3.51.